The summed E-state index contributed by atoms with van der Waals surface area (Å²) in [5.41, 5.74) is 3.83. The highest BCUT2D eigenvalue weighted by atomic mass is 32.2. The first kappa shape index (κ1) is 24.5. The first-order valence-electron chi connectivity index (χ1n) is 12.1. The van der Waals surface area contributed by atoms with Crippen LogP contribution in [-0.4, -0.2) is 42.2 Å². The molecular formula is C29H27N5O2S. The minimum atomic E-state index is -0.172. The average Bonchev–Trinajstić information content (AvgIpc) is 2.95. The van der Waals surface area contributed by atoms with Crippen molar-refractivity contribution in [3.63, 3.8) is 0 Å². The molecule has 0 radical (unpaired) electrons. The van der Waals surface area contributed by atoms with Crippen molar-refractivity contribution in [2.24, 2.45) is 0 Å². The molecular weight excluding hydrogens is 482 g/mol. The summed E-state index contributed by atoms with van der Waals surface area (Å²) >= 11 is 1.53. The lowest BCUT2D eigenvalue weighted by atomic mass is 10.2. The molecule has 0 atom stereocenters. The number of amides is 1. The van der Waals surface area contributed by atoms with Crippen molar-refractivity contribution in [1.82, 2.24) is 9.97 Å². The first-order valence-corrected chi connectivity index (χ1v) is 12.9. The summed E-state index contributed by atoms with van der Waals surface area (Å²) in [6.45, 7) is 3.35. The van der Waals surface area contributed by atoms with Crippen LogP contribution in [0.15, 0.2) is 107 Å². The second kappa shape index (κ2) is 12.2. The monoisotopic (exact) mass is 509 g/mol. The number of hydrogen-bond acceptors (Lipinski definition) is 7. The molecule has 0 aliphatic carbocycles. The van der Waals surface area contributed by atoms with E-state index in [9.17, 15) is 4.79 Å². The number of nitrogens with one attached hydrogen (secondary N) is 2. The fourth-order valence-electron chi connectivity index (χ4n) is 3.81. The van der Waals surface area contributed by atoms with Crippen LogP contribution in [0.3, 0.4) is 0 Å². The number of hydrogen-bond donors (Lipinski definition) is 2. The number of benzene rings is 3. The first-order chi connectivity index (χ1) is 18.2. The molecule has 2 heterocycles. The summed E-state index contributed by atoms with van der Waals surface area (Å²) in [6, 6.07) is 27.6. The molecule has 1 aromatic heterocycles. The molecule has 5 rings (SSSR count). The predicted molar refractivity (Wildman–Crippen MR) is 149 cm³/mol. The van der Waals surface area contributed by atoms with Crippen molar-refractivity contribution in [1.29, 1.82) is 0 Å². The molecule has 0 saturated carbocycles. The Hall–Kier alpha value is -4.14. The smallest absolute Gasteiger partial charge is 0.248 e. The lowest BCUT2D eigenvalue weighted by Gasteiger charge is -2.28. The van der Waals surface area contributed by atoms with Gasteiger partial charge in [-0.3, -0.25) is 4.79 Å². The highest BCUT2D eigenvalue weighted by molar-refractivity contribution is 7.99. The SMILES string of the molecule is O=C(/C=C/c1ccccc1)Nc1ccc(Sc2ccnc(Nc3ccc(N4CCOCC4)cc3)n2)cc1. The number of nitrogens with zero attached hydrogens (tertiary/aromatic N) is 3. The number of anilines is 4. The van der Waals surface area contributed by atoms with Crippen LogP contribution in [0.25, 0.3) is 6.08 Å². The highest BCUT2D eigenvalue weighted by Gasteiger charge is 2.11. The van der Waals surface area contributed by atoms with E-state index in [0.29, 0.717) is 5.95 Å². The molecule has 4 aromatic rings. The quantitative estimate of drug-likeness (QED) is 0.227. The molecule has 186 valence electrons. The number of carbonyl (C=O) groups is 1. The zero-order valence-corrected chi connectivity index (χ0v) is 21.0. The Balaban J connectivity index is 1.15. The van der Waals surface area contributed by atoms with Crippen molar-refractivity contribution in [3.8, 4) is 0 Å². The summed E-state index contributed by atoms with van der Waals surface area (Å²) in [7, 11) is 0. The van der Waals surface area contributed by atoms with E-state index in [-0.39, 0.29) is 5.91 Å². The zero-order chi connectivity index (χ0) is 25.3. The fraction of sp³-hybridized carbons (Fsp3) is 0.138. The van der Waals surface area contributed by atoms with Gasteiger partial charge in [0.2, 0.25) is 11.9 Å². The number of rotatable bonds is 8. The third kappa shape index (κ3) is 7.19. The largest absolute Gasteiger partial charge is 0.378 e. The Kier molecular flexibility index (Phi) is 8.10. The van der Waals surface area contributed by atoms with Gasteiger partial charge in [0.05, 0.1) is 13.2 Å². The van der Waals surface area contributed by atoms with Crippen LogP contribution in [0.2, 0.25) is 0 Å². The van der Waals surface area contributed by atoms with E-state index in [1.807, 2.05) is 72.8 Å². The fourth-order valence-corrected chi connectivity index (χ4v) is 4.59. The van der Waals surface area contributed by atoms with Crippen molar-refractivity contribution < 1.29 is 9.53 Å². The van der Waals surface area contributed by atoms with Crippen LogP contribution in [-0.2, 0) is 9.53 Å². The Bertz CT molecular complexity index is 1340. The number of aromatic nitrogens is 2. The van der Waals surface area contributed by atoms with Crippen molar-refractivity contribution in [3.05, 3.63) is 103 Å². The topological polar surface area (TPSA) is 79.4 Å². The molecule has 1 fully saturated rings. The van der Waals surface area contributed by atoms with Crippen molar-refractivity contribution >= 4 is 46.8 Å². The molecule has 7 nitrogen and oxygen atoms in total. The third-order valence-electron chi connectivity index (χ3n) is 5.70. The molecule has 0 spiro atoms. The standard InChI is InChI=1S/C29H27N5O2S/c35-27(15-6-22-4-2-1-3-5-22)31-23-9-13-26(14-10-23)37-28-16-17-30-29(33-28)32-24-7-11-25(12-8-24)34-18-20-36-21-19-34/h1-17H,18-21H2,(H,31,35)(H,30,32,33)/b15-6+. The van der Waals surface area contributed by atoms with Gasteiger partial charge in [0, 0.05) is 47.3 Å². The molecule has 2 N–H and O–H groups in total. The summed E-state index contributed by atoms with van der Waals surface area (Å²) in [6.07, 6.45) is 5.07. The van der Waals surface area contributed by atoms with Gasteiger partial charge in [0.15, 0.2) is 0 Å². The van der Waals surface area contributed by atoms with Crippen LogP contribution >= 0.6 is 11.8 Å². The zero-order valence-electron chi connectivity index (χ0n) is 20.2. The van der Waals surface area contributed by atoms with Crippen molar-refractivity contribution in [2.75, 3.05) is 41.8 Å². The van der Waals surface area contributed by atoms with Crippen molar-refractivity contribution in [2.45, 2.75) is 9.92 Å². The van der Waals surface area contributed by atoms with Gasteiger partial charge in [-0.25, -0.2) is 9.97 Å². The highest BCUT2D eigenvalue weighted by Crippen LogP contribution is 2.28. The van der Waals surface area contributed by atoms with E-state index >= 15 is 0 Å². The van der Waals surface area contributed by atoms with Gasteiger partial charge in [-0.05, 0) is 66.2 Å². The molecule has 1 saturated heterocycles. The van der Waals surface area contributed by atoms with Gasteiger partial charge in [0.25, 0.3) is 0 Å². The average molecular weight is 510 g/mol. The molecule has 1 aliphatic rings. The van der Waals surface area contributed by atoms with E-state index in [1.165, 1.54) is 23.5 Å². The number of ether oxygens (including phenoxy) is 1. The number of morpholine rings is 1. The minimum Gasteiger partial charge on any atom is -0.378 e. The van der Waals surface area contributed by atoms with Crippen LogP contribution < -0.4 is 15.5 Å². The second-order valence-electron chi connectivity index (χ2n) is 8.35. The summed E-state index contributed by atoms with van der Waals surface area (Å²) in [5, 5.41) is 6.99. The van der Waals surface area contributed by atoms with Gasteiger partial charge >= 0.3 is 0 Å². The van der Waals surface area contributed by atoms with E-state index in [0.717, 1.165) is 53.2 Å². The van der Waals surface area contributed by atoms with Gasteiger partial charge in [-0.15, -0.1) is 0 Å². The third-order valence-corrected chi connectivity index (χ3v) is 6.65. The molecule has 8 heteroatoms. The Morgan fingerprint density at radius 3 is 2.38 bits per heavy atom. The summed E-state index contributed by atoms with van der Waals surface area (Å²) in [5.74, 6) is 0.368. The van der Waals surface area contributed by atoms with Crippen LogP contribution in [0.5, 0.6) is 0 Å². The number of carbonyl (C=O) groups excluding carboxylic acids is 1. The van der Waals surface area contributed by atoms with Crippen LogP contribution in [0.1, 0.15) is 5.56 Å². The summed E-state index contributed by atoms with van der Waals surface area (Å²) in [4.78, 5) is 24.5. The maximum atomic E-state index is 12.2. The van der Waals surface area contributed by atoms with E-state index in [4.69, 9.17) is 4.74 Å². The molecule has 0 bridgehead atoms. The van der Waals surface area contributed by atoms with Gasteiger partial charge < -0.3 is 20.3 Å². The van der Waals surface area contributed by atoms with E-state index < -0.39 is 0 Å². The molecule has 3 aromatic carbocycles. The van der Waals surface area contributed by atoms with Gasteiger partial charge in [0.1, 0.15) is 5.03 Å². The lowest BCUT2D eigenvalue weighted by molar-refractivity contribution is -0.111. The summed E-state index contributed by atoms with van der Waals surface area (Å²) < 4.78 is 5.43. The molecule has 37 heavy (non-hydrogen) atoms. The van der Waals surface area contributed by atoms with Crippen LogP contribution in [0, 0.1) is 0 Å². The Morgan fingerprint density at radius 2 is 1.62 bits per heavy atom. The van der Waals surface area contributed by atoms with Gasteiger partial charge in [-0.1, -0.05) is 42.1 Å². The Morgan fingerprint density at radius 1 is 0.892 bits per heavy atom. The van der Waals surface area contributed by atoms with E-state index in [1.54, 1.807) is 12.3 Å². The van der Waals surface area contributed by atoms with Crippen LogP contribution in [0.4, 0.5) is 23.0 Å². The maximum Gasteiger partial charge on any atom is 0.248 e. The van der Waals surface area contributed by atoms with E-state index in [2.05, 4.69) is 37.6 Å². The predicted octanol–water partition coefficient (Wildman–Crippen LogP) is 5.86. The molecule has 1 amide bonds. The molecule has 0 unspecified atom stereocenters. The lowest BCUT2D eigenvalue weighted by Crippen LogP contribution is -2.36. The maximum absolute atomic E-state index is 12.2. The Labute approximate surface area is 220 Å². The molecule has 1 aliphatic heterocycles. The normalized spacial score (nSPS) is 13.5. The second-order valence-corrected chi connectivity index (χ2v) is 9.44. The minimum absolute atomic E-state index is 0.172. The van der Waals surface area contributed by atoms with Gasteiger partial charge in [-0.2, -0.15) is 0 Å².